The standard InChI is InChI=1S/C22H22N4O5/c1-31-18-9-6-15(13-17(18)25-12-2-3-20(25)28)23-22(30)14-4-7-16(8-5-14)26-21(29)11-10-19(27)24-26/h4-9,13H,2-3,10-12H2,1H3,(H,23,30)(H,24,27). The molecule has 0 atom stereocenters. The summed E-state index contributed by atoms with van der Waals surface area (Å²) in [5.41, 5.74) is 4.54. The monoisotopic (exact) mass is 422 g/mol. The summed E-state index contributed by atoms with van der Waals surface area (Å²) in [5, 5.41) is 4.01. The summed E-state index contributed by atoms with van der Waals surface area (Å²) in [4.78, 5) is 50.1. The van der Waals surface area contributed by atoms with E-state index in [1.165, 1.54) is 12.1 Å². The van der Waals surface area contributed by atoms with Gasteiger partial charge in [0.05, 0.1) is 18.5 Å². The van der Waals surface area contributed by atoms with E-state index in [0.29, 0.717) is 41.3 Å². The van der Waals surface area contributed by atoms with E-state index in [4.69, 9.17) is 4.74 Å². The zero-order valence-corrected chi connectivity index (χ0v) is 17.0. The first-order chi connectivity index (χ1) is 15.0. The Balaban J connectivity index is 1.50. The van der Waals surface area contributed by atoms with Crippen LogP contribution in [0.2, 0.25) is 0 Å². The number of benzene rings is 2. The first-order valence-corrected chi connectivity index (χ1v) is 9.98. The highest BCUT2D eigenvalue weighted by atomic mass is 16.5. The Morgan fingerprint density at radius 1 is 1.00 bits per heavy atom. The van der Waals surface area contributed by atoms with E-state index in [0.717, 1.165) is 6.42 Å². The fourth-order valence-corrected chi connectivity index (χ4v) is 3.63. The third-order valence-electron chi connectivity index (χ3n) is 5.24. The van der Waals surface area contributed by atoms with Crippen molar-refractivity contribution in [1.82, 2.24) is 5.43 Å². The molecule has 4 rings (SSSR count). The summed E-state index contributed by atoms with van der Waals surface area (Å²) in [6.07, 6.45) is 1.59. The van der Waals surface area contributed by atoms with Gasteiger partial charge in [0.2, 0.25) is 17.7 Å². The molecule has 2 aromatic rings. The smallest absolute Gasteiger partial charge is 0.255 e. The minimum absolute atomic E-state index is 0.0247. The van der Waals surface area contributed by atoms with Crippen LogP contribution in [0.1, 0.15) is 36.0 Å². The lowest BCUT2D eigenvalue weighted by atomic mass is 10.1. The van der Waals surface area contributed by atoms with Crippen LogP contribution in [0, 0.1) is 0 Å². The molecule has 9 nitrogen and oxygen atoms in total. The number of hydrogen-bond acceptors (Lipinski definition) is 5. The Kier molecular flexibility index (Phi) is 5.57. The molecular weight excluding hydrogens is 400 g/mol. The van der Waals surface area contributed by atoms with E-state index in [1.807, 2.05) is 0 Å². The molecule has 2 aromatic carbocycles. The molecule has 2 fully saturated rings. The maximum absolute atomic E-state index is 12.7. The first kappa shape index (κ1) is 20.4. The van der Waals surface area contributed by atoms with E-state index in [1.54, 1.807) is 47.4 Å². The number of nitrogens with one attached hydrogen (secondary N) is 2. The highest BCUT2D eigenvalue weighted by Gasteiger charge is 2.26. The summed E-state index contributed by atoms with van der Waals surface area (Å²) in [5.74, 6) is -0.195. The van der Waals surface area contributed by atoms with Gasteiger partial charge < -0.3 is 15.0 Å². The number of hydrogen-bond donors (Lipinski definition) is 2. The van der Waals surface area contributed by atoms with Gasteiger partial charge in [0.25, 0.3) is 5.91 Å². The highest BCUT2D eigenvalue weighted by molar-refractivity contribution is 6.06. The Morgan fingerprint density at radius 3 is 2.45 bits per heavy atom. The molecule has 2 aliphatic rings. The van der Waals surface area contributed by atoms with Crippen LogP contribution in [0.3, 0.4) is 0 Å². The molecule has 0 radical (unpaired) electrons. The number of anilines is 3. The number of carbonyl (C=O) groups is 4. The SMILES string of the molecule is COc1ccc(NC(=O)c2ccc(N3NC(=O)CCC3=O)cc2)cc1N1CCCC1=O. The lowest BCUT2D eigenvalue weighted by Crippen LogP contribution is -2.50. The first-order valence-electron chi connectivity index (χ1n) is 9.98. The van der Waals surface area contributed by atoms with Crippen molar-refractivity contribution in [1.29, 1.82) is 0 Å². The van der Waals surface area contributed by atoms with Crippen molar-refractivity contribution in [3.8, 4) is 5.75 Å². The van der Waals surface area contributed by atoms with Crippen LogP contribution in [-0.2, 0) is 14.4 Å². The summed E-state index contributed by atoms with van der Waals surface area (Å²) in [6.45, 7) is 0.611. The van der Waals surface area contributed by atoms with Crippen LogP contribution < -0.4 is 25.4 Å². The molecule has 0 aliphatic carbocycles. The molecule has 2 aliphatic heterocycles. The minimum atomic E-state index is -0.343. The molecule has 0 saturated carbocycles. The van der Waals surface area contributed by atoms with Gasteiger partial charge in [-0.1, -0.05) is 0 Å². The number of methoxy groups -OCH3 is 1. The van der Waals surface area contributed by atoms with Crippen molar-refractivity contribution < 1.29 is 23.9 Å². The molecule has 2 N–H and O–H groups in total. The molecule has 0 spiro atoms. The van der Waals surface area contributed by atoms with Crippen molar-refractivity contribution in [3.63, 3.8) is 0 Å². The van der Waals surface area contributed by atoms with Crippen molar-refractivity contribution in [2.75, 3.05) is 28.9 Å². The molecular formula is C22H22N4O5. The van der Waals surface area contributed by atoms with Crippen LogP contribution >= 0.6 is 0 Å². The second-order valence-corrected chi connectivity index (χ2v) is 7.30. The maximum atomic E-state index is 12.7. The van der Waals surface area contributed by atoms with E-state index in [2.05, 4.69) is 10.7 Å². The van der Waals surface area contributed by atoms with Gasteiger partial charge in [0, 0.05) is 37.1 Å². The molecule has 4 amide bonds. The molecule has 0 bridgehead atoms. The van der Waals surface area contributed by atoms with Crippen molar-refractivity contribution in [3.05, 3.63) is 48.0 Å². The summed E-state index contributed by atoms with van der Waals surface area (Å²) in [7, 11) is 1.54. The fourth-order valence-electron chi connectivity index (χ4n) is 3.63. The molecule has 2 heterocycles. The quantitative estimate of drug-likeness (QED) is 0.768. The maximum Gasteiger partial charge on any atom is 0.255 e. The lowest BCUT2D eigenvalue weighted by Gasteiger charge is -2.27. The van der Waals surface area contributed by atoms with E-state index in [9.17, 15) is 19.2 Å². The number of rotatable bonds is 5. The van der Waals surface area contributed by atoms with Gasteiger partial charge in [-0.2, -0.15) is 0 Å². The van der Waals surface area contributed by atoms with Crippen molar-refractivity contribution in [2.45, 2.75) is 25.7 Å². The van der Waals surface area contributed by atoms with Gasteiger partial charge in [-0.3, -0.25) is 24.6 Å². The van der Waals surface area contributed by atoms with Crippen LogP contribution in [0.5, 0.6) is 5.75 Å². The Labute approximate surface area is 178 Å². The molecule has 160 valence electrons. The zero-order chi connectivity index (χ0) is 22.0. The van der Waals surface area contributed by atoms with E-state index in [-0.39, 0.29) is 36.5 Å². The number of ether oxygens (including phenoxy) is 1. The lowest BCUT2D eigenvalue weighted by molar-refractivity contribution is -0.130. The van der Waals surface area contributed by atoms with Gasteiger partial charge in [0.15, 0.2) is 0 Å². The van der Waals surface area contributed by atoms with Gasteiger partial charge >= 0.3 is 0 Å². The average Bonchev–Trinajstić information content (AvgIpc) is 3.21. The fraction of sp³-hybridized carbons (Fsp3) is 0.273. The number of hydrazine groups is 1. The second-order valence-electron chi connectivity index (χ2n) is 7.30. The van der Waals surface area contributed by atoms with Crippen LogP contribution in [0.15, 0.2) is 42.5 Å². The third-order valence-corrected chi connectivity index (χ3v) is 5.24. The summed E-state index contributed by atoms with van der Waals surface area (Å²) in [6, 6.07) is 11.5. The topological polar surface area (TPSA) is 108 Å². The predicted molar refractivity (Wildman–Crippen MR) is 114 cm³/mol. The predicted octanol–water partition coefficient (Wildman–Crippen LogP) is 2.23. The Hall–Kier alpha value is -3.88. The molecule has 2 saturated heterocycles. The van der Waals surface area contributed by atoms with Crippen molar-refractivity contribution in [2.24, 2.45) is 0 Å². The normalized spacial score (nSPS) is 16.4. The second kappa shape index (κ2) is 8.47. The number of carbonyl (C=O) groups excluding carboxylic acids is 4. The van der Waals surface area contributed by atoms with Gasteiger partial charge in [-0.25, -0.2) is 5.01 Å². The van der Waals surface area contributed by atoms with Crippen molar-refractivity contribution >= 4 is 40.7 Å². The summed E-state index contributed by atoms with van der Waals surface area (Å²) < 4.78 is 5.37. The largest absolute Gasteiger partial charge is 0.495 e. The van der Waals surface area contributed by atoms with E-state index < -0.39 is 0 Å². The minimum Gasteiger partial charge on any atom is -0.495 e. The average molecular weight is 422 g/mol. The summed E-state index contributed by atoms with van der Waals surface area (Å²) >= 11 is 0. The van der Waals surface area contributed by atoms with Crippen LogP contribution in [-0.4, -0.2) is 37.3 Å². The molecule has 0 aromatic heterocycles. The van der Waals surface area contributed by atoms with Gasteiger partial charge in [0.1, 0.15) is 5.75 Å². The Bertz CT molecular complexity index is 1050. The molecule has 0 unspecified atom stereocenters. The highest BCUT2D eigenvalue weighted by Crippen LogP contribution is 2.34. The Morgan fingerprint density at radius 2 is 1.77 bits per heavy atom. The van der Waals surface area contributed by atoms with Gasteiger partial charge in [-0.15, -0.1) is 0 Å². The van der Waals surface area contributed by atoms with Crippen LogP contribution in [0.4, 0.5) is 17.1 Å². The zero-order valence-electron chi connectivity index (χ0n) is 17.0. The number of amides is 4. The van der Waals surface area contributed by atoms with Gasteiger partial charge in [-0.05, 0) is 48.9 Å². The van der Waals surface area contributed by atoms with E-state index >= 15 is 0 Å². The molecule has 31 heavy (non-hydrogen) atoms. The van der Waals surface area contributed by atoms with Crippen LogP contribution in [0.25, 0.3) is 0 Å². The number of nitrogens with zero attached hydrogens (tertiary/aromatic N) is 2. The third kappa shape index (κ3) is 4.20. The molecule has 9 heteroatoms.